The summed E-state index contributed by atoms with van der Waals surface area (Å²) in [6, 6.07) is 0. The van der Waals surface area contributed by atoms with Gasteiger partial charge in [0.2, 0.25) is 10.5 Å². The smallest absolute Gasteiger partial charge is 0.270 e. The molecule has 0 atom stereocenters. The average Bonchev–Trinajstić information content (AvgIpc) is 2.90. The highest BCUT2D eigenvalue weighted by Crippen LogP contribution is 2.36. The lowest BCUT2D eigenvalue weighted by atomic mass is 9.94. The van der Waals surface area contributed by atoms with E-state index < -0.39 is 0 Å². The van der Waals surface area contributed by atoms with Crippen molar-refractivity contribution >= 4 is 39.5 Å². The lowest BCUT2D eigenvalue weighted by Gasteiger charge is -2.29. The number of hydrogen-bond donors (Lipinski definition) is 2. The zero-order valence-corrected chi connectivity index (χ0v) is 12.6. The summed E-state index contributed by atoms with van der Waals surface area (Å²) in [4.78, 5) is 19.0. The highest BCUT2D eigenvalue weighted by molar-refractivity contribution is 7.71. The van der Waals surface area contributed by atoms with E-state index in [0.717, 1.165) is 15.3 Å². The monoisotopic (exact) mass is 308 g/mol. The van der Waals surface area contributed by atoms with Crippen molar-refractivity contribution in [1.29, 1.82) is 0 Å². The molecule has 6 nitrogen and oxygen atoms in total. The summed E-state index contributed by atoms with van der Waals surface area (Å²) in [5.74, 6) is 0.450. The Hall–Kier alpha value is -1.51. The molecule has 8 heteroatoms. The van der Waals surface area contributed by atoms with E-state index in [-0.39, 0.29) is 11.2 Å². The number of rotatable bonds is 0. The first-order valence-electron chi connectivity index (χ1n) is 6.24. The lowest BCUT2D eigenvalue weighted by Crippen LogP contribution is -2.31. The van der Waals surface area contributed by atoms with E-state index in [1.807, 2.05) is 13.8 Å². The van der Waals surface area contributed by atoms with Crippen LogP contribution < -0.4 is 5.56 Å². The van der Waals surface area contributed by atoms with Crippen LogP contribution in [0.15, 0.2) is 4.79 Å². The second-order valence-corrected chi connectivity index (χ2v) is 7.01. The van der Waals surface area contributed by atoms with Crippen molar-refractivity contribution in [3.8, 4) is 0 Å². The van der Waals surface area contributed by atoms with Gasteiger partial charge >= 0.3 is 0 Å². The van der Waals surface area contributed by atoms with Crippen LogP contribution in [0.5, 0.6) is 0 Å². The Balaban J connectivity index is 2.16. The molecule has 0 saturated carbocycles. The minimum atomic E-state index is -0.256. The van der Waals surface area contributed by atoms with E-state index in [1.165, 1.54) is 15.7 Å². The second kappa shape index (κ2) is 3.78. The van der Waals surface area contributed by atoms with Gasteiger partial charge in [-0.25, -0.2) is 9.38 Å². The fourth-order valence-electron chi connectivity index (χ4n) is 2.63. The number of nitrogens with zero attached hydrogens (tertiary/aromatic N) is 2. The molecule has 0 radical (unpaired) electrons. The number of nitrogens with one attached hydrogen (secondary N) is 2. The van der Waals surface area contributed by atoms with Crippen LogP contribution in [0.2, 0.25) is 0 Å². The lowest BCUT2D eigenvalue weighted by molar-refractivity contribution is -0.0379. The van der Waals surface area contributed by atoms with Crippen molar-refractivity contribution < 1.29 is 4.74 Å². The number of aromatic nitrogens is 4. The van der Waals surface area contributed by atoms with Crippen molar-refractivity contribution in [1.82, 2.24) is 19.6 Å². The van der Waals surface area contributed by atoms with Crippen molar-refractivity contribution in [2.75, 3.05) is 0 Å². The van der Waals surface area contributed by atoms with Gasteiger partial charge in [-0.15, -0.1) is 11.3 Å². The molecule has 3 aromatic heterocycles. The Bertz CT molecular complexity index is 960. The summed E-state index contributed by atoms with van der Waals surface area (Å²) >= 11 is 6.65. The quantitative estimate of drug-likeness (QED) is 0.624. The van der Waals surface area contributed by atoms with Crippen LogP contribution in [0.25, 0.3) is 16.0 Å². The summed E-state index contributed by atoms with van der Waals surface area (Å²) in [6.07, 6.45) is 0.715. The number of fused-ring (bicyclic) bond motifs is 4. The number of thiophene rings is 1. The average molecular weight is 308 g/mol. The molecule has 4 rings (SSSR count). The van der Waals surface area contributed by atoms with Gasteiger partial charge in [0.1, 0.15) is 4.83 Å². The SMILES string of the molecule is CC1(C)Cc2c(sc3nc4[nH][nH]c(=S)n4c(=O)c23)CO1. The van der Waals surface area contributed by atoms with E-state index in [4.69, 9.17) is 17.0 Å². The van der Waals surface area contributed by atoms with Gasteiger partial charge in [0.25, 0.3) is 5.56 Å². The zero-order chi connectivity index (χ0) is 14.1. The van der Waals surface area contributed by atoms with Crippen LogP contribution >= 0.6 is 23.6 Å². The Morgan fingerprint density at radius 1 is 1.45 bits per heavy atom. The van der Waals surface area contributed by atoms with Crippen molar-refractivity contribution in [3.63, 3.8) is 0 Å². The van der Waals surface area contributed by atoms with Crippen molar-refractivity contribution in [2.24, 2.45) is 0 Å². The molecule has 0 fully saturated rings. The summed E-state index contributed by atoms with van der Waals surface area (Å²) < 4.78 is 7.55. The predicted molar refractivity (Wildman–Crippen MR) is 79.0 cm³/mol. The molecule has 2 N–H and O–H groups in total. The van der Waals surface area contributed by atoms with Gasteiger partial charge in [0.05, 0.1) is 17.6 Å². The second-order valence-electron chi connectivity index (χ2n) is 5.54. The fraction of sp³-hybridized carbons (Fsp3) is 0.417. The highest BCUT2D eigenvalue weighted by atomic mass is 32.1. The van der Waals surface area contributed by atoms with Crippen LogP contribution in [0, 0.1) is 4.77 Å². The standard InChI is InChI=1S/C12H12N4O2S2/c1-12(2)3-5-6(4-18-12)20-8-7(5)9(17)16-10(13-8)14-15-11(16)19/h3-4H2,1-2H3,(H,13,14)(H,15,19). The number of H-pyrrole nitrogens is 2. The molecule has 0 aromatic carbocycles. The third-order valence-corrected chi connectivity index (χ3v) is 4.97. The maximum atomic E-state index is 12.7. The Labute approximate surface area is 122 Å². The van der Waals surface area contributed by atoms with Crippen LogP contribution in [-0.4, -0.2) is 25.2 Å². The third-order valence-electron chi connectivity index (χ3n) is 3.59. The first kappa shape index (κ1) is 12.2. The Morgan fingerprint density at radius 2 is 2.25 bits per heavy atom. The molecule has 104 valence electrons. The molecule has 1 aliphatic heterocycles. The van der Waals surface area contributed by atoms with Crippen LogP contribution in [-0.2, 0) is 17.8 Å². The van der Waals surface area contributed by atoms with E-state index in [2.05, 4.69) is 15.2 Å². The Kier molecular flexibility index (Phi) is 2.31. The molecule has 1 aliphatic rings. The Morgan fingerprint density at radius 3 is 3.05 bits per heavy atom. The summed E-state index contributed by atoms with van der Waals surface area (Å²) in [5.41, 5.74) is 0.695. The maximum Gasteiger partial charge on any atom is 0.270 e. The van der Waals surface area contributed by atoms with E-state index in [1.54, 1.807) is 0 Å². The molecular formula is C12H12N4O2S2. The molecule has 0 aliphatic carbocycles. The minimum Gasteiger partial charge on any atom is -0.370 e. The largest absolute Gasteiger partial charge is 0.370 e. The fourth-order valence-corrected chi connectivity index (χ4v) is 3.94. The zero-order valence-electron chi connectivity index (χ0n) is 10.9. The van der Waals surface area contributed by atoms with Crippen LogP contribution in [0.3, 0.4) is 0 Å². The van der Waals surface area contributed by atoms with E-state index >= 15 is 0 Å². The van der Waals surface area contributed by atoms with Crippen LogP contribution in [0.4, 0.5) is 0 Å². The maximum absolute atomic E-state index is 12.7. The third kappa shape index (κ3) is 1.55. The van der Waals surface area contributed by atoms with E-state index in [9.17, 15) is 4.79 Å². The number of hydrogen-bond acceptors (Lipinski definition) is 5. The molecule has 20 heavy (non-hydrogen) atoms. The van der Waals surface area contributed by atoms with Crippen LogP contribution in [0.1, 0.15) is 24.3 Å². The van der Waals surface area contributed by atoms with Gasteiger partial charge in [-0.05, 0) is 31.6 Å². The highest BCUT2D eigenvalue weighted by Gasteiger charge is 2.30. The summed E-state index contributed by atoms with van der Waals surface area (Å²) in [5, 5.41) is 6.24. The molecule has 0 amide bonds. The molecule has 0 unspecified atom stereocenters. The van der Waals surface area contributed by atoms with Gasteiger partial charge in [-0.2, -0.15) is 0 Å². The topological polar surface area (TPSA) is 75.2 Å². The van der Waals surface area contributed by atoms with Crippen molar-refractivity contribution in [2.45, 2.75) is 32.5 Å². The molecule has 4 heterocycles. The molecular weight excluding hydrogens is 296 g/mol. The van der Waals surface area contributed by atoms with Crippen molar-refractivity contribution in [3.05, 3.63) is 25.6 Å². The molecule has 0 saturated heterocycles. The molecule has 3 aromatic rings. The van der Waals surface area contributed by atoms with E-state index in [0.29, 0.717) is 29.0 Å². The van der Waals surface area contributed by atoms with Gasteiger partial charge in [0.15, 0.2) is 0 Å². The normalized spacial score (nSPS) is 17.7. The van der Waals surface area contributed by atoms with Gasteiger partial charge in [-0.1, -0.05) is 0 Å². The number of aromatic amines is 2. The summed E-state index contributed by atoms with van der Waals surface area (Å²) in [6.45, 7) is 4.60. The van der Waals surface area contributed by atoms with Gasteiger partial charge < -0.3 is 4.74 Å². The first-order valence-corrected chi connectivity index (χ1v) is 7.46. The molecule has 0 bridgehead atoms. The first-order chi connectivity index (χ1) is 9.46. The minimum absolute atomic E-state index is 0.109. The predicted octanol–water partition coefficient (Wildman–Crippen LogP) is 2.15. The van der Waals surface area contributed by atoms with Gasteiger partial charge in [0, 0.05) is 11.3 Å². The van der Waals surface area contributed by atoms with Gasteiger partial charge in [-0.3, -0.25) is 15.0 Å². The number of ether oxygens (including phenoxy) is 1. The molecule has 0 spiro atoms. The summed E-state index contributed by atoms with van der Waals surface area (Å²) in [7, 11) is 0.